The van der Waals surface area contributed by atoms with Crippen molar-refractivity contribution in [3.8, 4) is 0 Å². The number of amides is 1. The standard InChI is InChI=1S/C21H21ClN4O/c1-26(15-17-6-3-2-4-7-17)21(27)19-13-25-20(14-24-19)23-11-10-16-8-5-9-18(22)12-16/h2-9,12-14H,10-11,15H2,1H3,(H,23,25). The quantitative estimate of drug-likeness (QED) is 0.671. The molecule has 1 N–H and O–H groups in total. The van der Waals surface area contributed by atoms with E-state index in [1.165, 1.54) is 6.20 Å². The summed E-state index contributed by atoms with van der Waals surface area (Å²) in [6.07, 6.45) is 3.91. The number of carbonyl (C=O) groups is 1. The molecule has 1 amide bonds. The third-order valence-electron chi connectivity index (χ3n) is 4.09. The van der Waals surface area contributed by atoms with Crippen molar-refractivity contribution in [1.82, 2.24) is 14.9 Å². The van der Waals surface area contributed by atoms with Crippen LogP contribution in [0.25, 0.3) is 0 Å². The van der Waals surface area contributed by atoms with E-state index in [1.807, 2.05) is 54.6 Å². The molecule has 138 valence electrons. The Balaban J connectivity index is 1.52. The Labute approximate surface area is 164 Å². The van der Waals surface area contributed by atoms with Crippen molar-refractivity contribution in [2.24, 2.45) is 0 Å². The first-order valence-corrected chi connectivity index (χ1v) is 9.09. The summed E-state index contributed by atoms with van der Waals surface area (Å²) in [7, 11) is 1.76. The number of hydrogen-bond donors (Lipinski definition) is 1. The summed E-state index contributed by atoms with van der Waals surface area (Å²) >= 11 is 5.99. The molecule has 0 spiro atoms. The van der Waals surface area contributed by atoms with Crippen LogP contribution in [0.3, 0.4) is 0 Å². The lowest BCUT2D eigenvalue weighted by Gasteiger charge is -2.16. The zero-order valence-electron chi connectivity index (χ0n) is 15.1. The molecule has 0 unspecified atom stereocenters. The highest BCUT2D eigenvalue weighted by molar-refractivity contribution is 6.30. The van der Waals surface area contributed by atoms with E-state index in [4.69, 9.17) is 11.6 Å². The van der Waals surface area contributed by atoms with Gasteiger partial charge in [-0.25, -0.2) is 9.97 Å². The van der Waals surface area contributed by atoms with Gasteiger partial charge in [-0.1, -0.05) is 54.1 Å². The van der Waals surface area contributed by atoms with Gasteiger partial charge in [0.2, 0.25) is 0 Å². The fourth-order valence-electron chi connectivity index (χ4n) is 2.68. The molecule has 1 heterocycles. The first-order valence-electron chi connectivity index (χ1n) is 8.71. The lowest BCUT2D eigenvalue weighted by molar-refractivity contribution is 0.0779. The van der Waals surface area contributed by atoms with Crippen molar-refractivity contribution in [3.63, 3.8) is 0 Å². The van der Waals surface area contributed by atoms with E-state index < -0.39 is 0 Å². The van der Waals surface area contributed by atoms with Crippen LogP contribution in [0, 0.1) is 0 Å². The summed E-state index contributed by atoms with van der Waals surface area (Å²) in [6, 6.07) is 17.6. The number of halogens is 1. The van der Waals surface area contributed by atoms with Gasteiger partial charge in [0, 0.05) is 25.2 Å². The van der Waals surface area contributed by atoms with Gasteiger partial charge in [0.25, 0.3) is 5.91 Å². The summed E-state index contributed by atoms with van der Waals surface area (Å²) in [6.45, 7) is 1.23. The second-order valence-corrected chi connectivity index (χ2v) is 6.68. The molecule has 0 bridgehead atoms. The number of nitrogens with zero attached hydrogens (tertiary/aromatic N) is 3. The van der Waals surface area contributed by atoms with E-state index in [2.05, 4.69) is 15.3 Å². The van der Waals surface area contributed by atoms with E-state index in [1.54, 1.807) is 18.1 Å². The number of benzene rings is 2. The Morgan fingerprint density at radius 2 is 1.81 bits per heavy atom. The highest BCUT2D eigenvalue weighted by atomic mass is 35.5. The third-order valence-corrected chi connectivity index (χ3v) is 4.32. The molecular formula is C21H21ClN4O. The fraction of sp³-hybridized carbons (Fsp3) is 0.190. The molecular weight excluding hydrogens is 360 g/mol. The average Bonchev–Trinajstić information content (AvgIpc) is 2.69. The topological polar surface area (TPSA) is 58.1 Å². The number of nitrogens with one attached hydrogen (secondary N) is 1. The van der Waals surface area contributed by atoms with Crippen molar-refractivity contribution in [1.29, 1.82) is 0 Å². The van der Waals surface area contributed by atoms with Gasteiger partial charge in [-0.15, -0.1) is 0 Å². The molecule has 3 rings (SSSR count). The van der Waals surface area contributed by atoms with E-state index in [-0.39, 0.29) is 5.91 Å². The van der Waals surface area contributed by atoms with Gasteiger partial charge in [-0.3, -0.25) is 4.79 Å². The third kappa shape index (κ3) is 5.53. The molecule has 6 heteroatoms. The van der Waals surface area contributed by atoms with Crippen molar-refractivity contribution in [2.45, 2.75) is 13.0 Å². The van der Waals surface area contributed by atoms with Crippen LogP contribution in [-0.2, 0) is 13.0 Å². The summed E-state index contributed by atoms with van der Waals surface area (Å²) in [5, 5.41) is 3.94. The predicted molar refractivity (Wildman–Crippen MR) is 108 cm³/mol. The Morgan fingerprint density at radius 1 is 1.04 bits per heavy atom. The molecule has 3 aromatic rings. The van der Waals surface area contributed by atoms with Crippen LogP contribution in [0.15, 0.2) is 67.0 Å². The Morgan fingerprint density at radius 3 is 2.52 bits per heavy atom. The van der Waals surface area contributed by atoms with Crippen LogP contribution >= 0.6 is 11.6 Å². The molecule has 0 aliphatic heterocycles. The molecule has 1 aromatic heterocycles. The van der Waals surface area contributed by atoms with Gasteiger partial charge in [0.15, 0.2) is 0 Å². The van der Waals surface area contributed by atoms with Crippen LogP contribution in [0.2, 0.25) is 5.02 Å². The summed E-state index contributed by atoms with van der Waals surface area (Å²) < 4.78 is 0. The van der Waals surface area contributed by atoms with Crippen molar-refractivity contribution in [3.05, 3.63) is 88.8 Å². The zero-order chi connectivity index (χ0) is 19.1. The van der Waals surface area contributed by atoms with Gasteiger partial charge in [0.05, 0.1) is 12.4 Å². The van der Waals surface area contributed by atoms with Gasteiger partial charge in [-0.2, -0.15) is 0 Å². The molecule has 0 aliphatic rings. The van der Waals surface area contributed by atoms with Crippen LogP contribution in [-0.4, -0.2) is 34.4 Å². The molecule has 27 heavy (non-hydrogen) atoms. The summed E-state index contributed by atoms with van der Waals surface area (Å²) in [5.74, 6) is 0.483. The first-order chi connectivity index (χ1) is 13.1. The molecule has 0 saturated carbocycles. The van der Waals surface area contributed by atoms with Crippen LogP contribution in [0.1, 0.15) is 21.6 Å². The number of anilines is 1. The van der Waals surface area contributed by atoms with Crippen molar-refractivity contribution < 1.29 is 4.79 Å². The minimum absolute atomic E-state index is 0.156. The normalized spacial score (nSPS) is 10.4. The van der Waals surface area contributed by atoms with Gasteiger partial charge >= 0.3 is 0 Å². The highest BCUT2D eigenvalue weighted by Gasteiger charge is 2.14. The van der Waals surface area contributed by atoms with Crippen LogP contribution < -0.4 is 5.32 Å². The van der Waals surface area contributed by atoms with Crippen molar-refractivity contribution in [2.75, 3.05) is 18.9 Å². The fourth-order valence-corrected chi connectivity index (χ4v) is 2.89. The second-order valence-electron chi connectivity index (χ2n) is 6.24. The van der Waals surface area contributed by atoms with Gasteiger partial charge in [0.1, 0.15) is 11.5 Å². The minimum Gasteiger partial charge on any atom is -0.368 e. The lowest BCUT2D eigenvalue weighted by atomic mass is 10.1. The average molecular weight is 381 g/mol. The number of rotatable bonds is 7. The van der Waals surface area contributed by atoms with E-state index in [9.17, 15) is 4.79 Å². The molecule has 0 fully saturated rings. The maximum absolute atomic E-state index is 12.5. The molecule has 0 saturated heterocycles. The lowest BCUT2D eigenvalue weighted by Crippen LogP contribution is -2.27. The highest BCUT2D eigenvalue weighted by Crippen LogP contribution is 2.12. The van der Waals surface area contributed by atoms with Crippen molar-refractivity contribution >= 4 is 23.3 Å². The maximum Gasteiger partial charge on any atom is 0.274 e. The number of hydrogen-bond acceptors (Lipinski definition) is 4. The molecule has 0 aliphatic carbocycles. The SMILES string of the molecule is CN(Cc1ccccc1)C(=O)c1cnc(NCCc2cccc(Cl)c2)cn1. The summed E-state index contributed by atoms with van der Waals surface area (Å²) in [4.78, 5) is 22.6. The molecule has 2 aromatic carbocycles. The smallest absolute Gasteiger partial charge is 0.274 e. The van der Waals surface area contributed by atoms with Crippen LogP contribution in [0.4, 0.5) is 5.82 Å². The number of carbonyl (C=O) groups excluding carboxylic acids is 1. The predicted octanol–water partition coefficient (Wildman–Crippen LogP) is 4.06. The Hall–Kier alpha value is -2.92. The Kier molecular flexibility index (Phi) is 6.39. The monoisotopic (exact) mass is 380 g/mol. The first kappa shape index (κ1) is 18.9. The Bertz CT molecular complexity index is 884. The summed E-state index contributed by atoms with van der Waals surface area (Å²) in [5.41, 5.74) is 2.55. The molecule has 5 nitrogen and oxygen atoms in total. The van der Waals surface area contributed by atoms with E-state index in [0.717, 1.165) is 22.6 Å². The van der Waals surface area contributed by atoms with Crippen LogP contribution in [0.5, 0.6) is 0 Å². The van der Waals surface area contributed by atoms with E-state index >= 15 is 0 Å². The van der Waals surface area contributed by atoms with E-state index in [0.29, 0.717) is 24.6 Å². The number of aromatic nitrogens is 2. The largest absolute Gasteiger partial charge is 0.368 e. The molecule has 0 radical (unpaired) electrons. The molecule has 0 atom stereocenters. The van der Waals surface area contributed by atoms with Gasteiger partial charge in [-0.05, 0) is 29.7 Å². The minimum atomic E-state index is -0.156. The second kappa shape index (κ2) is 9.14. The van der Waals surface area contributed by atoms with Gasteiger partial charge < -0.3 is 10.2 Å². The zero-order valence-corrected chi connectivity index (χ0v) is 15.9. The maximum atomic E-state index is 12.5.